The quantitative estimate of drug-likeness (QED) is 0.507. The number of nitrogens with zero attached hydrogens (tertiary/aromatic N) is 2. The minimum absolute atomic E-state index is 0.0197. The molecule has 1 aliphatic rings. The molecule has 7 heteroatoms. The Hall–Kier alpha value is -3.35. The van der Waals surface area contributed by atoms with E-state index in [1.54, 1.807) is 19.4 Å². The Morgan fingerprint density at radius 2 is 1.97 bits per heavy atom. The van der Waals surface area contributed by atoms with Gasteiger partial charge in [-0.3, -0.25) is 14.9 Å². The van der Waals surface area contributed by atoms with Crippen molar-refractivity contribution >= 4 is 22.5 Å². The van der Waals surface area contributed by atoms with Gasteiger partial charge in [-0.2, -0.15) is 0 Å². The summed E-state index contributed by atoms with van der Waals surface area (Å²) in [5.41, 5.74) is 2.25. The van der Waals surface area contributed by atoms with Gasteiger partial charge < -0.3 is 14.6 Å². The normalized spacial score (nSPS) is 17.1. The summed E-state index contributed by atoms with van der Waals surface area (Å²) in [7, 11) is 1.63. The molecule has 0 unspecified atom stereocenters. The highest BCUT2D eigenvalue weighted by Crippen LogP contribution is 2.34. The number of non-ortho nitro benzene ring substituents is 1. The molecule has 1 fully saturated rings. The first-order chi connectivity index (χ1) is 14.1. The van der Waals surface area contributed by atoms with Gasteiger partial charge in [-0.1, -0.05) is 25.0 Å². The molecule has 4 rings (SSSR count). The highest BCUT2D eigenvalue weighted by molar-refractivity contribution is 6.07. The van der Waals surface area contributed by atoms with Crippen molar-refractivity contribution in [3.8, 4) is 5.75 Å². The first-order valence-electron chi connectivity index (χ1n) is 9.79. The van der Waals surface area contributed by atoms with Crippen LogP contribution in [-0.2, 0) is 0 Å². The lowest BCUT2D eigenvalue weighted by Gasteiger charge is -2.30. The molecule has 1 atom stereocenters. The number of carbonyl (C=O) groups excluding carboxylic acids is 1. The Kier molecular flexibility index (Phi) is 5.20. The van der Waals surface area contributed by atoms with Gasteiger partial charge >= 0.3 is 0 Å². The Morgan fingerprint density at radius 3 is 2.69 bits per heavy atom. The summed E-state index contributed by atoms with van der Waals surface area (Å²) < 4.78 is 5.25. The molecule has 2 heterocycles. The summed E-state index contributed by atoms with van der Waals surface area (Å²) in [6.45, 7) is 0.664. The van der Waals surface area contributed by atoms with Crippen LogP contribution < -0.4 is 4.74 Å². The molecule has 1 aliphatic heterocycles. The number of methoxy groups -OCH3 is 1. The number of likely N-dealkylation sites (tertiary alicyclic amines) is 1. The van der Waals surface area contributed by atoms with E-state index in [1.807, 2.05) is 29.2 Å². The Bertz CT molecular complexity index is 1040. The Labute approximate surface area is 168 Å². The molecular weight excluding hydrogens is 370 g/mol. The van der Waals surface area contributed by atoms with Crippen LogP contribution >= 0.6 is 0 Å². The standard InChI is InChI=1S/C22H23N3O4/c1-29-17-9-6-15(7-10-17)21-5-3-2-4-12-24(21)22(26)19-14-23-20-11-8-16(25(27)28)13-18(19)20/h6-11,13-14,21,23H,2-5,12H2,1H3/t21-/m0/s1. The number of aromatic nitrogens is 1. The number of nitro benzene ring substituents is 1. The maximum atomic E-state index is 13.5. The van der Waals surface area contributed by atoms with Crippen LogP contribution in [0.3, 0.4) is 0 Å². The highest BCUT2D eigenvalue weighted by atomic mass is 16.6. The Morgan fingerprint density at radius 1 is 1.17 bits per heavy atom. The van der Waals surface area contributed by atoms with Crippen LogP contribution in [0.2, 0.25) is 0 Å². The molecule has 0 spiro atoms. The number of benzene rings is 2. The van der Waals surface area contributed by atoms with Gasteiger partial charge in [0.2, 0.25) is 0 Å². The zero-order valence-electron chi connectivity index (χ0n) is 16.3. The zero-order valence-corrected chi connectivity index (χ0v) is 16.3. The summed E-state index contributed by atoms with van der Waals surface area (Å²) >= 11 is 0. The third-order valence-electron chi connectivity index (χ3n) is 5.62. The van der Waals surface area contributed by atoms with Gasteiger partial charge in [0.1, 0.15) is 5.75 Å². The van der Waals surface area contributed by atoms with Crippen molar-refractivity contribution in [1.29, 1.82) is 0 Å². The van der Waals surface area contributed by atoms with E-state index in [4.69, 9.17) is 4.74 Å². The molecule has 1 aromatic heterocycles. The fourth-order valence-electron chi connectivity index (χ4n) is 4.08. The molecule has 0 aliphatic carbocycles. The summed E-state index contributed by atoms with van der Waals surface area (Å²) in [4.78, 5) is 29.2. The van der Waals surface area contributed by atoms with Crippen LogP contribution in [0.1, 0.15) is 47.6 Å². The van der Waals surface area contributed by atoms with E-state index in [0.717, 1.165) is 42.5 Å². The third kappa shape index (κ3) is 3.68. The second-order valence-electron chi connectivity index (χ2n) is 7.33. The van der Waals surface area contributed by atoms with Crippen LogP contribution in [0.25, 0.3) is 10.9 Å². The molecule has 0 radical (unpaired) electrons. The molecule has 29 heavy (non-hydrogen) atoms. The van der Waals surface area contributed by atoms with E-state index in [1.165, 1.54) is 12.1 Å². The van der Waals surface area contributed by atoms with E-state index in [2.05, 4.69) is 4.98 Å². The summed E-state index contributed by atoms with van der Waals surface area (Å²) in [6.07, 6.45) is 5.63. The van der Waals surface area contributed by atoms with Gasteiger partial charge in [0.25, 0.3) is 11.6 Å². The second-order valence-corrected chi connectivity index (χ2v) is 7.33. The SMILES string of the molecule is COc1ccc([C@@H]2CCCCCN2C(=O)c2c[nH]c3ccc([N+](=O)[O-])cc23)cc1. The average Bonchev–Trinajstić information content (AvgIpc) is 3.01. The fourth-order valence-corrected chi connectivity index (χ4v) is 4.08. The van der Waals surface area contributed by atoms with Crippen molar-refractivity contribution in [2.24, 2.45) is 0 Å². The number of amides is 1. The van der Waals surface area contributed by atoms with Crippen molar-refractivity contribution in [1.82, 2.24) is 9.88 Å². The Balaban J connectivity index is 1.71. The number of nitro groups is 1. The molecule has 2 aromatic carbocycles. The number of nitrogens with one attached hydrogen (secondary N) is 1. The first kappa shape index (κ1) is 19.0. The minimum atomic E-state index is -0.438. The molecular formula is C22H23N3O4. The predicted molar refractivity (Wildman–Crippen MR) is 110 cm³/mol. The van der Waals surface area contributed by atoms with Crippen molar-refractivity contribution in [3.05, 3.63) is 69.9 Å². The summed E-state index contributed by atoms with van der Waals surface area (Å²) in [6, 6.07) is 12.4. The minimum Gasteiger partial charge on any atom is -0.497 e. The number of rotatable bonds is 4. The molecule has 3 aromatic rings. The lowest BCUT2D eigenvalue weighted by atomic mass is 9.99. The maximum absolute atomic E-state index is 13.5. The fraction of sp³-hybridized carbons (Fsp3) is 0.318. The number of hydrogen-bond donors (Lipinski definition) is 1. The molecule has 0 saturated carbocycles. The topological polar surface area (TPSA) is 88.5 Å². The van der Waals surface area contributed by atoms with Crippen LogP contribution in [0.15, 0.2) is 48.7 Å². The molecule has 7 nitrogen and oxygen atoms in total. The van der Waals surface area contributed by atoms with E-state index >= 15 is 0 Å². The van der Waals surface area contributed by atoms with Gasteiger partial charge in [0, 0.05) is 35.8 Å². The first-order valence-corrected chi connectivity index (χ1v) is 9.79. The van der Waals surface area contributed by atoms with E-state index < -0.39 is 4.92 Å². The van der Waals surface area contributed by atoms with Crippen molar-refractivity contribution in [2.45, 2.75) is 31.7 Å². The smallest absolute Gasteiger partial charge is 0.270 e. The highest BCUT2D eigenvalue weighted by Gasteiger charge is 2.29. The van der Waals surface area contributed by atoms with Crippen molar-refractivity contribution in [3.63, 3.8) is 0 Å². The van der Waals surface area contributed by atoms with Crippen LogP contribution in [-0.4, -0.2) is 34.4 Å². The number of aromatic amines is 1. The van der Waals surface area contributed by atoms with E-state index in [0.29, 0.717) is 17.5 Å². The molecule has 0 bridgehead atoms. The second kappa shape index (κ2) is 7.95. The molecule has 1 amide bonds. The molecule has 1 N–H and O–H groups in total. The monoisotopic (exact) mass is 393 g/mol. The van der Waals surface area contributed by atoms with Gasteiger partial charge in [0.15, 0.2) is 0 Å². The van der Waals surface area contributed by atoms with Crippen LogP contribution in [0, 0.1) is 10.1 Å². The number of ether oxygens (including phenoxy) is 1. The number of carbonyl (C=O) groups is 1. The lowest BCUT2D eigenvalue weighted by Crippen LogP contribution is -2.34. The predicted octanol–water partition coefficient (Wildman–Crippen LogP) is 4.84. The summed E-state index contributed by atoms with van der Waals surface area (Å²) in [5, 5.41) is 11.8. The van der Waals surface area contributed by atoms with Gasteiger partial charge in [-0.15, -0.1) is 0 Å². The van der Waals surface area contributed by atoms with Crippen LogP contribution in [0.5, 0.6) is 5.75 Å². The average molecular weight is 393 g/mol. The zero-order chi connectivity index (χ0) is 20.4. The maximum Gasteiger partial charge on any atom is 0.270 e. The molecule has 150 valence electrons. The van der Waals surface area contributed by atoms with Gasteiger partial charge in [0.05, 0.1) is 23.6 Å². The number of hydrogen-bond acceptors (Lipinski definition) is 4. The van der Waals surface area contributed by atoms with Gasteiger partial charge in [-0.25, -0.2) is 0 Å². The summed E-state index contributed by atoms with van der Waals surface area (Å²) in [5.74, 6) is 0.684. The van der Waals surface area contributed by atoms with Gasteiger partial charge in [-0.05, 0) is 36.6 Å². The van der Waals surface area contributed by atoms with Crippen LogP contribution in [0.4, 0.5) is 5.69 Å². The van der Waals surface area contributed by atoms with Crippen molar-refractivity contribution in [2.75, 3.05) is 13.7 Å². The van der Waals surface area contributed by atoms with E-state index in [-0.39, 0.29) is 17.6 Å². The van der Waals surface area contributed by atoms with E-state index in [9.17, 15) is 14.9 Å². The molecule has 1 saturated heterocycles. The number of fused-ring (bicyclic) bond motifs is 1. The largest absolute Gasteiger partial charge is 0.497 e. The lowest BCUT2D eigenvalue weighted by molar-refractivity contribution is -0.384. The number of H-pyrrole nitrogens is 1. The third-order valence-corrected chi connectivity index (χ3v) is 5.62. The van der Waals surface area contributed by atoms with Crippen molar-refractivity contribution < 1.29 is 14.5 Å².